The monoisotopic (exact) mass is 358 g/mol. The number of hydrogen-bond acceptors (Lipinski definition) is 2. The summed E-state index contributed by atoms with van der Waals surface area (Å²) in [5.41, 5.74) is 2.26. The summed E-state index contributed by atoms with van der Waals surface area (Å²) in [5, 5.41) is 6.00. The lowest BCUT2D eigenvalue weighted by molar-refractivity contribution is -0.118. The van der Waals surface area contributed by atoms with Gasteiger partial charge in [-0.1, -0.05) is 56.6 Å². The van der Waals surface area contributed by atoms with Crippen molar-refractivity contribution >= 4 is 29.1 Å². The molecule has 2 aromatic rings. The Balaban J connectivity index is 2.10. The van der Waals surface area contributed by atoms with E-state index < -0.39 is 6.04 Å². The summed E-state index contributed by atoms with van der Waals surface area (Å²) in [6, 6.07) is 13.8. The van der Waals surface area contributed by atoms with Gasteiger partial charge in [0.2, 0.25) is 5.91 Å². The van der Waals surface area contributed by atoms with Crippen LogP contribution in [-0.4, -0.2) is 17.9 Å². The van der Waals surface area contributed by atoms with Crippen molar-refractivity contribution in [2.75, 3.05) is 5.32 Å². The van der Waals surface area contributed by atoms with Crippen LogP contribution in [0.1, 0.15) is 36.7 Å². The first-order chi connectivity index (χ1) is 11.9. The van der Waals surface area contributed by atoms with Crippen LogP contribution in [0.4, 0.5) is 5.69 Å². The van der Waals surface area contributed by atoms with Gasteiger partial charge in [0, 0.05) is 5.69 Å². The molecule has 0 aliphatic rings. The largest absolute Gasteiger partial charge is 0.340 e. The number of benzene rings is 2. The van der Waals surface area contributed by atoms with Crippen molar-refractivity contribution in [3.63, 3.8) is 0 Å². The molecule has 2 N–H and O–H groups in total. The van der Waals surface area contributed by atoms with E-state index in [1.165, 1.54) is 5.56 Å². The Hall–Kier alpha value is -2.33. The zero-order chi connectivity index (χ0) is 18.4. The fraction of sp³-hybridized carbons (Fsp3) is 0.300. The highest BCUT2D eigenvalue weighted by molar-refractivity contribution is 6.33. The van der Waals surface area contributed by atoms with Crippen LogP contribution in [0.5, 0.6) is 0 Å². The van der Waals surface area contributed by atoms with Gasteiger partial charge in [-0.2, -0.15) is 0 Å². The lowest BCUT2D eigenvalue weighted by Gasteiger charge is -2.22. The fourth-order valence-corrected chi connectivity index (χ4v) is 2.66. The zero-order valence-corrected chi connectivity index (χ0v) is 15.4. The van der Waals surface area contributed by atoms with E-state index in [0.29, 0.717) is 16.3 Å². The summed E-state index contributed by atoms with van der Waals surface area (Å²) < 4.78 is 0. The van der Waals surface area contributed by atoms with E-state index in [0.717, 1.165) is 6.42 Å². The number of amides is 2. The lowest BCUT2D eigenvalue weighted by atomic mass is 10.0. The molecule has 0 radical (unpaired) electrons. The summed E-state index contributed by atoms with van der Waals surface area (Å²) >= 11 is 6.06. The number of nitrogens with one attached hydrogen (secondary N) is 2. The maximum atomic E-state index is 12.6. The molecule has 0 aliphatic heterocycles. The van der Waals surface area contributed by atoms with Crippen LogP contribution in [0.2, 0.25) is 5.02 Å². The molecule has 2 aromatic carbocycles. The molecule has 1 atom stereocenters. The van der Waals surface area contributed by atoms with Gasteiger partial charge in [0.05, 0.1) is 10.6 Å². The van der Waals surface area contributed by atoms with Crippen LogP contribution in [0.15, 0.2) is 48.5 Å². The standard InChI is InChI=1S/C20H23ClN2O2/c1-4-14-9-11-15(12-10-14)22-20(25)18(13(2)3)23-19(24)16-7-5-6-8-17(16)21/h5-13,18H,4H2,1-3H3,(H,22,25)(H,23,24)/t18-/m0/s1. The van der Waals surface area contributed by atoms with Gasteiger partial charge < -0.3 is 10.6 Å². The maximum absolute atomic E-state index is 12.6. The Bertz CT molecular complexity index is 742. The highest BCUT2D eigenvalue weighted by atomic mass is 35.5. The number of aryl methyl sites for hydroxylation is 1. The molecule has 0 bridgehead atoms. The highest BCUT2D eigenvalue weighted by Gasteiger charge is 2.25. The summed E-state index contributed by atoms with van der Waals surface area (Å²) in [7, 11) is 0. The number of halogens is 1. The number of hydrogen-bond donors (Lipinski definition) is 2. The number of rotatable bonds is 6. The van der Waals surface area contributed by atoms with Gasteiger partial charge in [-0.05, 0) is 42.2 Å². The van der Waals surface area contributed by atoms with Crippen molar-refractivity contribution in [1.29, 1.82) is 0 Å². The van der Waals surface area contributed by atoms with Gasteiger partial charge in [0.15, 0.2) is 0 Å². The first kappa shape index (κ1) is 19.0. The van der Waals surface area contributed by atoms with E-state index in [4.69, 9.17) is 11.6 Å². The average Bonchev–Trinajstić information content (AvgIpc) is 2.60. The molecular formula is C20H23ClN2O2. The molecule has 0 spiro atoms. The van der Waals surface area contributed by atoms with Crippen LogP contribution in [0.3, 0.4) is 0 Å². The van der Waals surface area contributed by atoms with Crippen molar-refractivity contribution in [2.24, 2.45) is 5.92 Å². The van der Waals surface area contributed by atoms with E-state index in [1.807, 2.05) is 38.1 Å². The highest BCUT2D eigenvalue weighted by Crippen LogP contribution is 2.16. The van der Waals surface area contributed by atoms with Crippen LogP contribution in [0, 0.1) is 5.92 Å². The third-order valence-corrected chi connectivity index (χ3v) is 4.31. The first-order valence-electron chi connectivity index (χ1n) is 8.37. The molecule has 0 aromatic heterocycles. The van der Waals surface area contributed by atoms with Crippen molar-refractivity contribution < 1.29 is 9.59 Å². The molecule has 0 aliphatic carbocycles. The Morgan fingerprint density at radius 2 is 1.68 bits per heavy atom. The third kappa shape index (κ3) is 5.07. The van der Waals surface area contributed by atoms with Gasteiger partial charge in [0.1, 0.15) is 6.04 Å². The van der Waals surface area contributed by atoms with E-state index in [2.05, 4.69) is 17.6 Å². The van der Waals surface area contributed by atoms with Crippen molar-refractivity contribution in [3.05, 3.63) is 64.7 Å². The Morgan fingerprint density at radius 3 is 2.24 bits per heavy atom. The molecular weight excluding hydrogens is 336 g/mol. The minimum absolute atomic E-state index is 0.0682. The summed E-state index contributed by atoms with van der Waals surface area (Å²) in [4.78, 5) is 25.0. The molecule has 132 valence electrons. The first-order valence-corrected chi connectivity index (χ1v) is 8.75. The predicted molar refractivity (Wildman–Crippen MR) is 102 cm³/mol. The summed E-state index contributed by atoms with van der Waals surface area (Å²) in [6.07, 6.45) is 0.941. The second kappa shape index (κ2) is 8.67. The second-order valence-corrected chi connectivity index (χ2v) is 6.62. The minimum Gasteiger partial charge on any atom is -0.340 e. The zero-order valence-electron chi connectivity index (χ0n) is 14.7. The maximum Gasteiger partial charge on any atom is 0.253 e. The molecule has 5 heteroatoms. The molecule has 0 heterocycles. The van der Waals surface area contributed by atoms with E-state index in [1.54, 1.807) is 24.3 Å². The molecule has 0 saturated carbocycles. The predicted octanol–water partition coefficient (Wildman–Crippen LogP) is 4.30. The van der Waals surface area contributed by atoms with E-state index in [9.17, 15) is 9.59 Å². The van der Waals surface area contributed by atoms with E-state index in [-0.39, 0.29) is 17.7 Å². The van der Waals surface area contributed by atoms with Gasteiger partial charge in [-0.25, -0.2) is 0 Å². The van der Waals surface area contributed by atoms with Gasteiger partial charge >= 0.3 is 0 Å². The SMILES string of the molecule is CCc1ccc(NC(=O)[C@@H](NC(=O)c2ccccc2Cl)C(C)C)cc1. The fourth-order valence-electron chi connectivity index (χ4n) is 2.44. The number of carbonyl (C=O) groups is 2. The average molecular weight is 359 g/mol. The summed E-state index contributed by atoms with van der Waals surface area (Å²) in [5.74, 6) is -0.679. The van der Waals surface area contributed by atoms with Gasteiger partial charge in [-0.15, -0.1) is 0 Å². The number of anilines is 1. The molecule has 0 unspecified atom stereocenters. The normalized spacial score (nSPS) is 11.9. The van der Waals surface area contributed by atoms with Gasteiger partial charge in [-0.3, -0.25) is 9.59 Å². The molecule has 2 amide bonds. The molecule has 25 heavy (non-hydrogen) atoms. The quantitative estimate of drug-likeness (QED) is 0.809. The molecule has 2 rings (SSSR count). The topological polar surface area (TPSA) is 58.2 Å². The van der Waals surface area contributed by atoms with Crippen molar-refractivity contribution in [3.8, 4) is 0 Å². The number of carbonyl (C=O) groups excluding carboxylic acids is 2. The molecule has 0 fully saturated rings. The van der Waals surface area contributed by atoms with Crippen molar-refractivity contribution in [1.82, 2.24) is 5.32 Å². The Morgan fingerprint density at radius 1 is 1.04 bits per heavy atom. The van der Waals surface area contributed by atoms with Gasteiger partial charge in [0.25, 0.3) is 5.91 Å². The lowest BCUT2D eigenvalue weighted by Crippen LogP contribution is -2.47. The Labute approximate surface area is 153 Å². The molecule has 0 saturated heterocycles. The van der Waals surface area contributed by atoms with Crippen LogP contribution in [-0.2, 0) is 11.2 Å². The van der Waals surface area contributed by atoms with Crippen LogP contribution < -0.4 is 10.6 Å². The second-order valence-electron chi connectivity index (χ2n) is 6.21. The van der Waals surface area contributed by atoms with Crippen LogP contribution in [0.25, 0.3) is 0 Å². The van der Waals surface area contributed by atoms with Crippen molar-refractivity contribution in [2.45, 2.75) is 33.2 Å². The summed E-state index contributed by atoms with van der Waals surface area (Å²) in [6.45, 7) is 5.85. The third-order valence-electron chi connectivity index (χ3n) is 3.98. The van der Waals surface area contributed by atoms with Crippen LogP contribution >= 0.6 is 11.6 Å². The smallest absolute Gasteiger partial charge is 0.253 e. The Kier molecular flexibility index (Phi) is 6.59. The minimum atomic E-state index is -0.658. The van der Waals surface area contributed by atoms with E-state index >= 15 is 0 Å². The molecule has 4 nitrogen and oxygen atoms in total.